The predicted octanol–water partition coefficient (Wildman–Crippen LogP) is 4.70. The van der Waals surface area contributed by atoms with Crippen LogP contribution in [-0.2, 0) is 16.1 Å². The molecule has 1 N–H and O–H groups in total. The van der Waals surface area contributed by atoms with Gasteiger partial charge in [-0.15, -0.1) is 0 Å². The molecule has 0 aliphatic heterocycles. The van der Waals surface area contributed by atoms with Crippen LogP contribution in [-0.4, -0.2) is 35.4 Å². The second-order valence-electron chi connectivity index (χ2n) is 6.94. The Labute approximate surface area is 181 Å². The quantitative estimate of drug-likeness (QED) is 0.619. The van der Waals surface area contributed by atoms with Crippen LogP contribution >= 0.6 is 23.2 Å². The Bertz CT molecular complexity index is 825. The summed E-state index contributed by atoms with van der Waals surface area (Å²) < 4.78 is 5.61. The van der Waals surface area contributed by atoms with Crippen LogP contribution in [0, 0.1) is 0 Å². The summed E-state index contributed by atoms with van der Waals surface area (Å²) in [6.45, 7) is 5.66. The van der Waals surface area contributed by atoms with Crippen LogP contribution in [0.4, 0.5) is 0 Å². The van der Waals surface area contributed by atoms with Crippen molar-refractivity contribution in [3.05, 3.63) is 64.1 Å². The number of nitrogens with zero attached hydrogens (tertiary/aromatic N) is 1. The predicted molar refractivity (Wildman–Crippen MR) is 116 cm³/mol. The highest BCUT2D eigenvalue weighted by Crippen LogP contribution is 2.20. The van der Waals surface area contributed by atoms with E-state index in [9.17, 15) is 9.59 Å². The fourth-order valence-corrected chi connectivity index (χ4v) is 3.19. The molecular formula is C22H26Cl2N2O3. The third-order valence-corrected chi connectivity index (χ3v) is 4.91. The first kappa shape index (κ1) is 23.0. The molecule has 0 heterocycles. The van der Waals surface area contributed by atoms with E-state index in [1.807, 2.05) is 39.0 Å². The molecule has 0 bridgehead atoms. The number of carbonyl (C=O) groups is 2. The Hall–Kier alpha value is -2.24. The highest BCUT2D eigenvalue weighted by molar-refractivity contribution is 6.31. The molecule has 5 nitrogen and oxygen atoms in total. The molecule has 2 aromatic rings. The van der Waals surface area contributed by atoms with E-state index in [0.717, 1.165) is 5.56 Å². The van der Waals surface area contributed by atoms with Crippen molar-refractivity contribution in [1.82, 2.24) is 10.2 Å². The Morgan fingerprint density at radius 1 is 1.07 bits per heavy atom. The summed E-state index contributed by atoms with van der Waals surface area (Å²) in [7, 11) is 0. The van der Waals surface area contributed by atoms with Gasteiger partial charge < -0.3 is 15.0 Å². The van der Waals surface area contributed by atoms with Crippen molar-refractivity contribution in [2.24, 2.45) is 0 Å². The zero-order chi connectivity index (χ0) is 21.4. The second-order valence-corrected chi connectivity index (χ2v) is 7.79. The van der Waals surface area contributed by atoms with Crippen molar-refractivity contribution in [1.29, 1.82) is 0 Å². The van der Waals surface area contributed by atoms with E-state index in [1.165, 1.54) is 4.90 Å². The number of carbonyl (C=O) groups excluding carboxylic acids is 2. The number of rotatable bonds is 9. The van der Waals surface area contributed by atoms with Gasteiger partial charge in [-0.3, -0.25) is 9.59 Å². The minimum Gasteiger partial charge on any atom is -0.484 e. The lowest BCUT2D eigenvalue weighted by Gasteiger charge is -2.31. The summed E-state index contributed by atoms with van der Waals surface area (Å²) in [6, 6.07) is 13.4. The standard InChI is InChI=1S/C22H26Cl2N2O3/c1-4-20(22(28)25-15(2)3)26(13-16-7-5-6-8-19(16)24)21(27)14-29-18-11-9-17(23)10-12-18/h5-12,15,20H,4,13-14H2,1-3H3,(H,25,28)/t20-/m1/s1. The summed E-state index contributed by atoms with van der Waals surface area (Å²) in [5, 5.41) is 4.02. The van der Waals surface area contributed by atoms with Gasteiger partial charge in [-0.2, -0.15) is 0 Å². The van der Waals surface area contributed by atoms with Crippen LogP contribution in [0.5, 0.6) is 5.75 Å². The molecular weight excluding hydrogens is 411 g/mol. The average Bonchev–Trinajstić information content (AvgIpc) is 2.68. The van der Waals surface area contributed by atoms with Gasteiger partial charge in [0.15, 0.2) is 6.61 Å². The fraction of sp³-hybridized carbons (Fsp3) is 0.364. The van der Waals surface area contributed by atoms with Gasteiger partial charge >= 0.3 is 0 Å². The summed E-state index contributed by atoms with van der Waals surface area (Å²) in [4.78, 5) is 27.3. The van der Waals surface area contributed by atoms with Gasteiger partial charge in [-0.25, -0.2) is 0 Å². The molecule has 0 saturated carbocycles. The molecule has 7 heteroatoms. The number of benzene rings is 2. The zero-order valence-corrected chi connectivity index (χ0v) is 18.3. The number of hydrogen-bond donors (Lipinski definition) is 1. The van der Waals surface area contributed by atoms with Gasteiger partial charge in [-0.05, 0) is 56.2 Å². The molecule has 0 unspecified atom stereocenters. The first-order valence-corrected chi connectivity index (χ1v) is 10.3. The highest BCUT2D eigenvalue weighted by atomic mass is 35.5. The SMILES string of the molecule is CC[C@H](C(=O)NC(C)C)N(Cc1ccccc1Cl)C(=O)COc1ccc(Cl)cc1. The Balaban J connectivity index is 2.21. The van der Waals surface area contributed by atoms with Crippen molar-refractivity contribution in [2.45, 2.75) is 45.8 Å². The van der Waals surface area contributed by atoms with E-state index in [0.29, 0.717) is 22.2 Å². The Morgan fingerprint density at radius 2 is 1.72 bits per heavy atom. The van der Waals surface area contributed by atoms with Gasteiger partial charge in [0, 0.05) is 22.6 Å². The van der Waals surface area contributed by atoms with Crippen molar-refractivity contribution in [3.8, 4) is 5.75 Å². The lowest BCUT2D eigenvalue weighted by Crippen LogP contribution is -2.51. The van der Waals surface area contributed by atoms with Crippen LogP contribution in [0.3, 0.4) is 0 Å². The maximum Gasteiger partial charge on any atom is 0.261 e. The Kier molecular flexibility index (Phi) is 8.80. The van der Waals surface area contributed by atoms with Crippen molar-refractivity contribution < 1.29 is 14.3 Å². The number of ether oxygens (including phenoxy) is 1. The molecule has 2 rings (SSSR count). The van der Waals surface area contributed by atoms with Gasteiger partial charge in [-0.1, -0.05) is 48.3 Å². The second kappa shape index (κ2) is 11.1. The van der Waals surface area contributed by atoms with Gasteiger partial charge in [0.05, 0.1) is 0 Å². The average molecular weight is 437 g/mol. The number of hydrogen-bond acceptors (Lipinski definition) is 3. The molecule has 2 amide bonds. The zero-order valence-electron chi connectivity index (χ0n) is 16.8. The van der Waals surface area contributed by atoms with Crippen molar-refractivity contribution in [2.75, 3.05) is 6.61 Å². The molecule has 1 atom stereocenters. The maximum absolute atomic E-state index is 13.0. The minimum absolute atomic E-state index is 0.0286. The van der Waals surface area contributed by atoms with Crippen LogP contribution in [0.2, 0.25) is 10.0 Å². The topological polar surface area (TPSA) is 58.6 Å². The van der Waals surface area contributed by atoms with E-state index in [4.69, 9.17) is 27.9 Å². The van der Waals surface area contributed by atoms with Crippen molar-refractivity contribution in [3.63, 3.8) is 0 Å². The molecule has 0 saturated heterocycles. The largest absolute Gasteiger partial charge is 0.484 e. The van der Waals surface area contributed by atoms with E-state index in [1.54, 1.807) is 30.3 Å². The summed E-state index contributed by atoms with van der Waals surface area (Å²) in [6.07, 6.45) is 0.468. The third kappa shape index (κ3) is 6.94. The number of halogens is 2. The van der Waals surface area contributed by atoms with E-state index in [2.05, 4.69) is 5.32 Å². The number of amides is 2. The molecule has 0 spiro atoms. The molecule has 29 heavy (non-hydrogen) atoms. The van der Waals surface area contributed by atoms with E-state index >= 15 is 0 Å². The van der Waals surface area contributed by atoms with Gasteiger partial charge in [0.1, 0.15) is 11.8 Å². The molecule has 0 aliphatic rings. The van der Waals surface area contributed by atoms with Gasteiger partial charge in [0.2, 0.25) is 5.91 Å². The molecule has 0 radical (unpaired) electrons. The molecule has 156 valence electrons. The molecule has 0 fully saturated rings. The summed E-state index contributed by atoms with van der Waals surface area (Å²) in [5.41, 5.74) is 0.768. The molecule has 2 aromatic carbocycles. The van der Waals surface area contributed by atoms with Crippen LogP contribution in [0.25, 0.3) is 0 Å². The molecule has 0 aliphatic carbocycles. The lowest BCUT2D eigenvalue weighted by atomic mass is 10.1. The van der Waals surface area contributed by atoms with Crippen LogP contribution in [0.15, 0.2) is 48.5 Å². The Morgan fingerprint density at radius 3 is 2.31 bits per heavy atom. The van der Waals surface area contributed by atoms with Crippen LogP contribution < -0.4 is 10.1 Å². The monoisotopic (exact) mass is 436 g/mol. The lowest BCUT2D eigenvalue weighted by molar-refractivity contribution is -0.143. The summed E-state index contributed by atoms with van der Waals surface area (Å²) >= 11 is 12.2. The number of nitrogens with one attached hydrogen (secondary N) is 1. The van der Waals surface area contributed by atoms with Crippen molar-refractivity contribution >= 4 is 35.0 Å². The first-order valence-electron chi connectivity index (χ1n) is 9.53. The minimum atomic E-state index is -0.630. The smallest absolute Gasteiger partial charge is 0.261 e. The molecule has 0 aromatic heterocycles. The highest BCUT2D eigenvalue weighted by Gasteiger charge is 2.29. The fourth-order valence-electron chi connectivity index (χ4n) is 2.87. The van der Waals surface area contributed by atoms with Gasteiger partial charge in [0.25, 0.3) is 5.91 Å². The third-order valence-electron chi connectivity index (χ3n) is 4.29. The van der Waals surface area contributed by atoms with E-state index < -0.39 is 6.04 Å². The maximum atomic E-state index is 13.0. The van der Waals surface area contributed by atoms with E-state index in [-0.39, 0.29) is 31.0 Å². The normalized spacial score (nSPS) is 11.8. The first-order chi connectivity index (χ1) is 13.8. The van der Waals surface area contributed by atoms with Crippen LogP contribution in [0.1, 0.15) is 32.8 Å². The summed E-state index contributed by atoms with van der Waals surface area (Å²) in [5.74, 6) is 0.0279.